The van der Waals surface area contributed by atoms with Crippen LogP contribution >= 0.6 is 11.8 Å². The van der Waals surface area contributed by atoms with Gasteiger partial charge in [-0.2, -0.15) is 11.8 Å². The Balaban J connectivity index is 2.57. The molecular weight excluding hydrogens is 222 g/mol. The van der Waals surface area contributed by atoms with Gasteiger partial charge in [0.2, 0.25) is 0 Å². The van der Waals surface area contributed by atoms with Crippen LogP contribution in [0.1, 0.15) is 18.9 Å². The lowest BCUT2D eigenvalue weighted by Crippen LogP contribution is -1.98. The predicted molar refractivity (Wildman–Crippen MR) is 69.9 cm³/mol. The molecule has 90 valence electrons. The van der Waals surface area contributed by atoms with Gasteiger partial charge in [-0.05, 0) is 37.3 Å². The number of rotatable bonds is 7. The molecule has 16 heavy (non-hydrogen) atoms. The standard InChI is InChI=1S/C12H19NO2S/c1-2-15-12-5-4-11(13)8-10(12)9-16-7-3-6-14/h4-5,8,14H,2-3,6-7,9,13H2,1H3. The van der Waals surface area contributed by atoms with Crippen molar-refractivity contribution in [1.82, 2.24) is 0 Å². The van der Waals surface area contributed by atoms with Crippen LogP contribution in [-0.2, 0) is 5.75 Å². The fourth-order valence-electron chi connectivity index (χ4n) is 1.36. The average molecular weight is 241 g/mol. The Morgan fingerprint density at radius 3 is 2.94 bits per heavy atom. The fourth-order valence-corrected chi connectivity index (χ4v) is 2.28. The Kier molecular flexibility index (Phi) is 6.11. The molecule has 1 aromatic carbocycles. The maximum Gasteiger partial charge on any atom is 0.123 e. The van der Waals surface area contributed by atoms with E-state index in [2.05, 4.69) is 0 Å². The van der Waals surface area contributed by atoms with E-state index in [1.54, 1.807) is 11.8 Å². The monoisotopic (exact) mass is 241 g/mol. The summed E-state index contributed by atoms with van der Waals surface area (Å²) in [6, 6.07) is 5.73. The molecule has 0 atom stereocenters. The first-order valence-electron chi connectivity index (χ1n) is 5.47. The first-order valence-corrected chi connectivity index (χ1v) is 6.63. The Bertz CT molecular complexity index is 318. The van der Waals surface area contributed by atoms with Crippen LogP contribution in [0.15, 0.2) is 18.2 Å². The molecule has 0 bridgehead atoms. The minimum atomic E-state index is 0.252. The van der Waals surface area contributed by atoms with Gasteiger partial charge in [-0.3, -0.25) is 0 Å². The van der Waals surface area contributed by atoms with Gasteiger partial charge in [-0.15, -0.1) is 0 Å². The smallest absolute Gasteiger partial charge is 0.123 e. The number of nitrogens with two attached hydrogens (primary N) is 1. The molecule has 0 unspecified atom stereocenters. The molecule has 3 nitrogen and oxygen atoms in total. The average Bonchev–Trinajstić information content (AvgIpc) is 2.28. The van der Waals surface area contributed by atoms with Crippen molar-refractivity contribution in [2.45, 2.75) is 19.1 Å². The van der Waals surface area contributed by atoms with Gasteiger partial charge >= 0.3 is 0 Å². The summed E-state index contributed by atoms with van der Waals surface area (Å²) in [6.45, 7) is 2.89. The van der Waals surface area contributed by atoms with Crippen LogP contribution in [0.25, 0.3) is 0 Å². The molecule has 0 fully saturated rings. The van der Waals surface area contributed by atoms with Crippen LogP contribution in [-0.4, -0.2) is 24.1 Å². The second-order valence-electron chi connectivity index (χ2n) is 3.43. The molecule has 0 spiro atoms. The number of hydrogen-bond acceptors (Lipinski definition) is 4. The summed E-state index contributed by atoms with van der Waals surface area (Å²) < 4.78 is 5.53. The van der Waals surface area contributed by atoms with E-state index in [9.17, 15) is 0 Å². The van der Waals surface area contributed by atoms with Gasteiger partial charge in [0.05, 0.1) is 6.61 Å². The van der Waals surface area contributed by atoms with Crippen LogP contribution in [0, 0.1) is 0 Å². The van der Waals surface area contributed by atoms with E-state index in [1.807, 2.05) is 25.1 Å². The molecule has 0 radical (unpaired) electrons. The van der Waals surface area contributed by atoms with Crippen molar-refractivity contribution in [2.75, 3.05) is 24.7 Å². The first kappa shape index (κ1) is 13.2. The van der Waals surface area contributed by atoms with Gasteiger partial charge in [0.1, 0.15) is 5.75 Å². The molecule has 1 rings (SSSR count). The number of thioether (sulfide) groups is 1. The fraction of sp³-hybridized carbons (Fsp3) is 0.500. The summed E-state index contributed by atoms with van der Waals surface area (Å²) in [5.41, 5.74) is 7.64. The number of nitrogen functional groups attached to an aromatic ring is 1. The van der Waals surface area contributed by atoms with Gasteiger partial charge in [0.25, 0.3) is 0 Å². The van der Waals surface area contributed by atoms with Crippen molar-refractivity contribution in [3.8, 4) is 5.75 Å². The number of ether oxygens (including phenoxy) is 1. The van der Waals surface area contributed by atoms with E-state index in [4.69, 9.17) is 15.6 Å². The summed E-state index contributed by atoms with van der Waals surface area (Å²) in [4.78, 5) is 0. The Morgan fingerprint density at radius 2 is 2.25 bits per heavy atom. The predicted octanol–water partition coefficient (Wildman–Crippen LogP) is 2.28. The molecule has 3 N–H and O–H groups in total. The molecule has 0 heterocycles. The van der Waals surface area contributed by atoms with E-state index >= 15 is 0 Å². The normalized spacial score (nSPS) is 10.4. The van der Waals surface area contributed by atoms with Gasteiger partial charge < -0.3 is 15.6 Å². The van der Waals surface area contributed by atoms with Crippen molar-refractivity contribution in [3.05, 3.63) is 23.8 Å². The van der Waals surface area contributed by atoms with E-state index in [-0.39, 0.29) is 6.61 Å². The maximum atomic E-state index is 8.69. The second-order valence-corrected chi connectivity index (χ2v) is 4.54. The van der Waals surface area contributed by atoms with E-state index in [0.29, 0.717) is 6.61 Å². The SMILES string of the molecule is CCOc1ccc(N)cc1CSCCCO. The quantitative estimate of drug-likeness (QED) is 0.568. The highest BCUT2D eigenvalue weighted by molar-refractivity contribution is 7.98. The Hall–Kier alpha value is -0.870. The van der Waals surface area contributed by atoms with Crippen LogP contribution in [0.5, 0.6) is 5.75 Å². The Labute approximate surface area is 101 Å². The first-order chi connectivity index (χ1) is 7.77. The van der Waals surface area contributed by atoms with Crippen LogP contribution in [0.4, 0.5) is 5.69 Å². The molecule has 0 aliphatic carbocycles. The van der Waals surface area contributed by atoms with Gasteiger partial charge in [0, 0.05) is 23.6 Å². The lowest BCUT2D eigenvalue weighted by molar-refractivity contribution is 0.296. The molecule has 0 aliphatic heterocycles. The minimum Gasteiger partial charge on any atom is -0.494 e. The topological polar surface area (TPSA) is 55.5 Å². The summed E-state index contributed by atoms with van der Waals surface area (Å²) in [5, 5.41) is 8.69. The molecule has 4 heteroatoms. The summed E-state index contributed by atoms with van der Waals surface area (Å²) in [6.07, 6.45) is 0.830. The molecule has 0 saturated heterocycles. The van der Waals surface area contributed by atoms with Crippen LogP contribution < -0.4 is 10.5 Å². The number of anilines is 1. The van der Waals surface area contributed by atoms with Crippen molar-refractivity contribution in [1.29, 1.82) is 0 Å². The van der Waals surface area contributed by atoms with Gasteiger partial charge in [0.15, 0.2) is 0 Å². The maximum absolute atomic E-state index is 8.69. The second kappa shape index (κ2) is 7.41. The van der Waals surface area contributed by atoms with Gasteiger partial charge in [-0.1, -0.05) is 0 Å². The summed E-state index contributed by atoms with van der Waals surface area (Å²) in [5.74, 6) is 2.74. The number of hydrogen-bond donors (Lipinski definition) is 2. The third-order valence-corrected chi connectivity index (χ3v) is 3.18. The van der Waals surface area contributed by atoms with Crippen molar-refractivity contribution >= 4 is 17.4 Å². The highest BCUT2D eigenvalue weighted by atomic mass is 32.2. The summed E-state index contributed by atoms with van der Waals surface area (Å²) in [7, 11) is 0. The van der Waals surface area contributed by atoms with Crippen LogP contribution in [0.3, 0.4) is 0 Å². The lowest BCUT2D eigenvalue weighted by atomic mass is 10.2. The minimum absolute atomic E-state index is 0.252. The molecule has 0 aromatic heterocycles. The van der Waals surface area contributed by atoms with Crippen molar-refractivity contribution in [3.63, 3.8) is 0 Å². The third kappa shape index (κ3) is 4.33. The molecular formula is C12H19NO2S. The third-order valence-electron chi connectivity index (χ3n) is 2.09. The molecule has 0 saturated carbocycles. The zero-order valence-corrected chi connectivity index (χ0v) is 10.4. The van der Waals surface area contributed by atoms with Crippen molar-refractivity contribution in [2.24, 2.45) is 0 Å². The largest absolute Gasteiger partial charge is 0.494 e. The lowest BCUT2D eigenvalue weighted by Gasteiger charge is -2.10. The number of benzene rings is 1. The highest BCUT2D eigenvalue weighted by Gasteiger charge is 2.04. The Morgan fingerprint density at radius 1 is 1.44 bits per heavy atom. The van der Waals surface area contributed by atoms with E-state index < -0.39 is 0 Å². The van der Waals surface area contributed by atoms with Crippen LogP contribution in [0.2, 0.25) is 0 Å². The molecule has 0 aliphatic rings. The van der Waals surface area contributed by atoms with Gasteiger partial charge in [-0.25, -0.2) is 0 Å². The van der Waals surface area contributed by atoms with Crippen molar-refractivity contribution < 1.29 is 9.84 Å². The highest BCUT2D eigenvalue weighted by Crippen LogP contribution is 2.25. The summed E-state index contributed by atoms with van der Waals surface area (Å²) >= 11 is 1.78. The molecule has 0 amide bonds. The zero-order chi connectivity index (χ0) is 11.8. The molecule has 1 aromatic rings. The number of aliphatic hydroxyl groups is 1. The zero-order valence-electron chi connectivity index (χ0n) is 9.61. The number of aliphatic hydroxyl groups excluding tert-OH is 1. The van der Waals surface area contributed by atoms with E-state index in [0.717, 1.165) is 34.9 Å². The van der Waals surface area contributed by atoms with E-state index in [1.165, 1.54) is 0 Å².